The Morgan fingerprint density at radius 2 is 1.68 bits per heavy atom. The van der Waals surface area contributed by atoms with Gasteiger partial charge in [-0.05, 0) is 37.3 Å². The number of benzene rings is 2. The number of piperazine rings is 1. The summed E-state index contributed by atoms with van der Waals surface area (Å²) in [5.41, 5.74) is -1.28. The molecule has 1 heterocycles. The number of sulfonamides is 1. The van der Waals surface area contributed by atoms with E-state index in [0.29, 0.717) is 0 Å². The fourth-order valence-corrected chi connectivity index (χ4v) is 4.80. The topological polar surface area (TPSA) is 69.7 Å². The number of nitrogens with zero attached hydrogens (tertiary/aromatic N) is 2. The third kappa shape index (κ3) is 5.23. The van der Waals surface area contributed by atoms with Gasteiger partial charge >= 0.3 is 6.18 Å². The summed E-state index contributed by atoms with van der Waals surface area (Å²) in [5, 5.41) is 2.31. The van der Waals surface area contributed by atoms with Crippen LogP contribution in [0.1, 0.15) is 12.5 Å². The molecular weight excluding hydrogens is 438 g/mol. The van der Waals surface area contributed by atoms with Gasteiger partial charge in [0.05, 0.1) is 22.2 Å². The molecule has 1 unspecified atom stereocenters. The van der Waals surface area contributed by atoms with Gasteiger partial charge in [0, 0.05) is 26.2 Å². The van der Waals surface area contributed by atoms with Crippen molar-refractivity contribution in [2.75, 3.05) is 31.5 Å². The highest BCUT2D eigenvalue weighted by molar-refractivity contribution is 7.89. The number of carbonyl (C=O) groups excluding carboxylic acids is 1. The second-order valence-electron chi connectivity index (χ2n) is 7.11. The molecule has 2 aromatic rings. The van der Waals surface area contributed by atoms with Gasteiger partial charge in [-0.2, -0.15) is 17.5 Å². The number of para-hydroxylation sites is 1. The number of anilines is 1. The Morgan fingerprint density at radius 1 is 1.03 bits per heavy atom. The molecule has 0 bridgehead atoms. The van der Waals surface area contributed by atoms with Crippen molar-refractivity contribution >= 4 is 21.6 Å². The second kappa shape index (κ2) is 8.93. The Hall–Kier alpha value is -2.50. The maximum absolute atomic E-state index is 13.4. The maximum Gasteiger partial charge on any atom is 0.418 e. The van der Waals surface area contributed by atoms with Crippen LogP contribution in [0.5, 0.6) is 0 Å². The third-order valence-corrected chi connectivity index (χ3v) is 7.02. The van der Waals surface area contributed by atoms with Crippen molar-refractivity contribution in [2.45, 2.75) is 24.0 Å². The molecule has 0 spiro atoms. The fraction of sp³-hybridized carbons (Fsp3) is 0.350. The van der Waals surface area contributed by atoms with Crippen molar-refractivity contribution in [2.24, 2.45) is 0 Å². The van der Waals surface area contributed by atoms with E-state index in [4.69, 9.17) is 0 Å². The minimum Gasteiger partial charge on any atom is -0.324 e. The number of hydrogen-bond donors (Lipinski definition) is 1. The highest BCUT2D eigenvalue weighted by Crippen LogP contribution is 2.34. The van der Waals surface area contributed by atoms with Crippen molar-refractivity contribution in [3.8, 4) is 0 Å². The average Bonchev–Trinajstić information content (AvgIpc) is 2.73. The maximum atomic E-state index is 13.4. The third-order valence-electron chi connectivity index (χ3n) is 5.12. The predicted molar refractivity (Wildman–Crippen MR) is 106 cm³/mol. The van der Waals surface area contributed by atoms with E-state index in [1.807, 2.05) is 0 Å². The van der Waals surface area contributed by atoms with Crippen molar-refractivity contribution in [1.29, 1.82) is 0 Å². The number of halogens is 4. The molecule has 168 valence electrons. The van der Waals surface area contributed by atoms with E-state index in [2.05, 4.69) is 5.32 Å². The van der Waals surface area contributed by atoms with E-state index < -0.39 is 39.5 Å². The van der Waals surface area contributed by atoms with E-state index in [1.165, 1.54) is 34.6 Å². The lowest BCUT2D eigenvalue weighted by Gasteiger charge is -2.36. The van der Waals surface area contributed by atoms with Crippen molar-refractivity contribution in [1.82, 2.24) is 9.21 Å². The quantitative estimate of drug-likeness (QED) is 0.698. The smallest absolute Gasteiger partial charge is 0.324 e. The summed E-state index contributed by atoms with van der Waals surface area (Å²) in [5.74, 6) is -1.29. The van der Waals surface area contributed by atoms with Crippen LogP contribution in [-0.4, -0.2) is 55.8 Å². The molecule has 1 atom stereocenters. The molecule has 1 fully saturated rings. The van der Waals surface area contributed by atoms with Crippen LogP contribution in [0.25, 0.3) is 0 Å². The summed E-state index contributed by atoms with van der Waals surface area (Å²) in [6.07, 6.45) is -4.61. The molecule has 1 aliphatic rings. The molecule has 1 aliphatic heterocycles. The van der Waals surface area contributed by atoms with Gasteiger partial charge in [0.25, 0.3) is 0 Å². The second-order valence-corrected chi connectivity index (χ2v) is 9.04. The number of alkyl halides is 3. The molecule has 1 N–H and O–H groups in total. The Bertz CT molecular complexity index is 1050. The molecule has 11 heteroatoms. The monoisotopic (exact) mass is 459 g/mol. The van der Waals surface area contributed by atoms with Crippen LogP contribution in [0.15, 0.2) is 53.4 Å². The SMILES string of the molecule is CC(C(=O)Nc1ccccc1C(F)(F)F)N1CCN(S(=O)(=O)c2cccc(F)c2)CC1. The molecule has 1 amide bonds. The number of amides is 1. The van der Waals surface area contributed by atoms with Crippen molar-refractivity contribution in [3.05, 3.63) is 59.9 Å². The molecule has 3 rings (SSSR count). The first-order valence-corrected chi connectivity index (χ1v) is 10.9. The molecule has 0 radical (unpaired) electrons. The van der Waals surface area contributed by atoms with E-state index in [-0.39, 0.29) is 36.8 Å². The van der Waals surface area contributed by atoms with Gasteiger partial charge in [-0.1, -0.05) is 18.2 Å². The first-order valence-electron chi connectivity index (χ1n) is 9.47. The molecule has 0 aliphatic carbocycles. The van der Waals surface area contributed by atoms with Crippen molar-refractivity contribution < 1.29 is 30.8 Å². The first-order chi connectivity index (χ1) is 14.5. The minimum absolute atomic E-state index is 0.0651. The van der Waals surface area contributed by atoms with Crippen LogP contribution < -0.4 is 5.32 Å². The Balaban J connectivity index is 1.64. The van der Waals surface area contributed by atoms with Gasteiger partial charge in [0.15, 0.2) is 0 Å². The highest BCUT2D eigenvalue weighted by Gasteiger charge is 2.35. The lowest BCUT2D eigenvalue weighted by atomic mass is 10.1. The highest BCUT2D eigenvalue weighted by atomic mass is 32.2. The van der Waals surface area contributed by atoms with Crippen LogP contribution in [0.2, 0.25) is 0 Å². The minimum atomic E-state index is -4.61. The summed E-state index contributed by atoms with van der Waals surface area (Å²) in [6.45, 7) is 2.07. The summed E-state index contributed by atoms with van der Waals surface area (Å²) in [6, 6.07) is 8.62. The zero-order valence-electron chi connectivity index (χ0n) is 16.6. The predicted octanol–water partition coefficient (Wildman–Crippen LogP) is 3.18. The lowest BCUT2D eigenvalue weighted by Crippen LogP contribution is -2.54. The molecule has 31 heavy (non-hydrogen) atoms. The Labute approximate surface area is 177 Å². The van der Waals surface area contributed by atoms with Gasteiger partial charge < -0.3 is 5.32 Å². The summed E-state index contributed by atoms with van der Waals surface area (Å²) in [4.78, 5) is 14.1. The zero-order valence-corrected chi connectivity index (χ0v) is 17.4. The Kier molecular flexibility index (Phi) is 6.68. The van der Waals surface area contributed by atoms with E-state index in [9.17, 15) is 30.8 Å². The van der Waals surface area contributed by atoms with Gasteiger partial charge in [-0.3, -0.25) is 9.69 Å². The molecule has 1 saturated heterocycles. The van der Waals surface area contributed by atoms with Crippen LogP contribution >= 0.6 is 0 Å². The van der Waals surface area contributed by atoms with Crippen molar-refractivity contribution in [3.63, 3.8) is 0 Å². The van der Waals surface area contributed by atoms with Gasteiger partial charge in [0.1, 0.15) is 5.82 Å². The summed E-state index contributed by atoms with van der Waals surface area (Å²) < 4.78 is 79.3. The van der Waals surface area contributed by atoms with E-state index in [1.54, 1.807) is 11.8 Å². The molecular formula is C20H21F4N3O3S. The molecule has 0 saturated carbocycles. The van der Waals surface area contributed by atoms with Gasteiger partial charge in [-0.25, -0.2) is 12.8 Å². The average molecular weight is 459 g/mol. The molecule has 6 nitrogen and oxygen atoms in total. The van der Waals surface area contributed by atoms with Crippen LogP contribution in [0, 0.1) is 5.82 Å². The van der Waals surface area contributed by atoms with Gasteiger partial charge in [-0.15, -0.1) is 0 Å². The van der Waals surface area contributed by atoms with E-state index in [0.717, 1.165) is 18.2 Å². The van der Waals surface area contributed by atoms with Crippen LogP contribution in [0.3, 0.4) is 0 Å². The van der Waals surface area contributed by atoms with Crippen LogP contribution in [0.4, 0.5) is 23.2 Å². The largest absolute Gasteiger partial charge is 0.418 e. The van der Waals surface area contributed by atoms with Crippen LogP contribution in [-0.2, 0) is 21.0 Å². The summed E-state index contributed by atoms with van der Waals surface area (Å²) >= 11 is 0. The number of rotatable bonds is 5. The molecule has 0 aromatic heterocycles. The van der Waals surface area contributed by atoms with E-state index >= 15 is 0 Å². The normalized spacial score (nSPS) is 17.3. The Morgan fingerprint density at radius 3 is 2.29 bits per heavy atom. The standard InChI is InChI=1S/C20H21F4N3O3S/c1-14(19(28)25-18-8-3-2-7-17(18)20(22,23)24)26-9-11-27(12-10-26)31(29,30)16-6-4-5-15(21)13-16/h2-8,13-14H,9-12H2,1H3,(H,25,28). The number of nitrogens with one attached hydrogen (secondary N) is 1. The zero-order chi connectivity index (χ0) is 22.8. The fourth-order valence-electron chi connectivity index (χ4n) is 3.35. The summed E-state index contributed by atoms with van der Waals surface area (Å²) in [7, 11) is -3.88. The lowest BCUT2D eigenvalue weighted by molar-refractivity contribution is -0.137. The van der Waals surface area contributed by atoms with Gasteiger partial charge in [0.2, 0.25) is 15.9 Å². The first kappa shape index (κ1) is 23.2. The molecule has 2 aromatic carbocycles. The number of hydrogen-bond acceptors (Lipinski definition) is 4. The number of carbonyl (C=O) groups is 1.